The molecule has 2 atom stereocenters. The number of hydrogen-bond donors (Lipinski definition) is 2. The highest BCUT2D eigenvalue weighted by Gasteiger charge is 2.33. The number of rotatable bonds is 4. The van der Waals surface area contributed by atoms with Gasteiger partial charge in [-0.15, -0.1) is 11.3 Å². The van der Waals surface area contributed by atoms with E-state index in [1.165, 1.54) is 10.4 Å². The molecule has 1 aromatic rings. The van der Waals surface area contributed by atoms with Crippen LogP contribution in [0.3, 0.4) is 0 Å². The van der Waals surface area contributed by atoms with Crippen LogP contribution in [0.5, 0.6) is 0 Å². The van der Waals surface area contributed by atoms with Gasteiger partial charge in [0.2, 0.25) is 5.91 Å². The van der Waals surface area contributed by atoms with Gasteiger partial charge in [-0.2, -0.15) is 0 Å². The molecule has 0 saturated carbocycles. The number of thiophene rings is 1. The molecule has 1 amide bonds. The first-order valence-electron chi connectivity index (χ1n) is 6.38. The van der Waals surface area contributed by atoms with Crippen molar-refractivity contribution in [2.24, 2.45) is 5.73 Å². The van der Waals surface area contributed by atoms with Gasteiger partial charge in [0, 0.05) is 11.4 Å². The normalized spacial score (nSPS) is 19.9. The monoisotopic (exact) mass is 282 g/mol. The summed E-state index contributed by atoms with van der Waals surface area (Å²) in [5.74, 6) is -1.30. The minimum absolute atomic E-state index is 0.0299. The Morgan fingerprint density at radius 1 is 1.63 bits per heavy atom. The number of carbonyl (C=O) groups is 2. The van der Waals surface area contributed by atoms with Crippen LogP contribution in [0.4, 0.5) is 0 Å². The van der Waals surface area contributed by atoms with Gasteiger partial charge in [-0.05, 0) is 29.9 Å². The van der Waals surface area contributed by atoms with E-state index >= 15 is 0 Å². The average Bonchev–Trinajstić information content (AvgIpc) is 2.83. The molecule has 2 unspecified atom stereocenters. The summed E-state index contributed by atoms with van der Waals surface area (Å²) >= 11 is 1.71. The molecule has 5 nitrogen and oxygen atoms in total. The molecule has 1 aliphatic heterocycles. The number of hydrogen-bond acceptors (Lipinski definition) is 4. The van der Waals surface area contributed by atoms with Crippen LogP contribution in [-0.4, -0.2) is 34.5 Å². The quantitative estimate of drug-likeness (QED) is 0.874. The van der Waals surface area contributed by atoms with Crippen molar-refractivity contribution in [3.8, 4) is 0 Å². The van der Waals surface area contributed by atoms with Crippen LogP contribution in [0.2, 0.25) is 0 Å². The van der Waals surface area contributed by atoms with Gasteiger partial charge in [0.05, 0.1) is 18.5 Å². The molecular weight excluding hydrogens is 264 g/mol. The Hall–Kier alpha value is -1.40. The molecule has 1 aliphatic rings. The maximum absolute atomic E-state index is 12.3. The van der Waals surface area contributed by atoms with Crippen LogP contribution >= 0.6 is 11.3 Å². The molecule has 3 N–H and O–H groups in total. The Balaban J connectivity index is 2.17. The third-order valence-corrected chi connectivity index (χ3v) is 4.47. The number of amides is 1. The Bertz CT molecular complexity index is 486. The topological polar surface area (TPSA) is 83.6 Å². The summed E-state index contributed by atoms with van der Waals surface area (Å²) in [6.07, 6.45) is 1.33. The van der Waals surface area contributed by atoms with Crippen LogP contribution in [0.1, 0.15) is 36.2 Å². The number of fused-ring (bicyclic) bond motifs is 1. The zero-order chi connectivity index (χ0) is 14.0. The molecule has 0 spiro atoms. The van der Waals surface area contributed by atoms with Gasteiger partial charge in [0.25, 0.3) is 0 Å². The number of carboxylic acid groups (broad SMARTS) is 1. The second-order valence-corrected chi connectivity index (χ2v) is 5.71. The number of nitrogens with two attached hydrogens (primary N) is 1. The largest absolute Gasteiger partial charge is 0.481 e. The summed E-state index contributed by atoms with van der Waals surface area (Å²) in [5, 5.41) is 10.8. The molecule has 0 aromatic carbocycles. The molecule has 2 heterocycles. The lowest BCUT2D eigenvalue weighted by molar-refractivity contribution is -0.143. The van der Waals surface area contributed by atoms with Crippen molar-refractivity contribution in [3.05, 3.63) is 21.9 Å². The third kappa shape index (κ3) is 2.79. The molecule has 0 radical (unpaired) electrons. The maximum atomic E-state index is 12.3. The third-order valence-electron chi connectivity index (χ3n) is 3.48. The van der Waals surface area contributed by atoms with Crippen molar-refractivity contribution < 1.29 is 14.7 Å². The van der Waals surface area contributed by atoms with Gasteiger partial charge in [0.1, 0.15) is 0 Å². The lowest BCUT2D eigenvalue weighted by atomic mass is 9.96. The standard InChI is InChI=1S/C13H18N2O3S/c1-2-10-8-4-6-19-11(8)3-5-15(10)13(18)9(14)7-12(16)17/h4,6,9-10H,2-3,5,7,14H2,1H3,(H,16,17). The molecule has 1 aromatic heterocycles. The molecule has 0 saturated heterocycles. The van der Waals surface area contributed by atoms with Crippen molar-refractivity contribution in [2.75, 3.05) is 6.54 Å². The predicted molar refractivity (Wildman–Crippen MR) is 73.0 cm³/mol. The summed E-state index contributed by atoms with van der Waals surface area (Å²) in [6.45, 7) is 2.65. The van der Waals surface area contributed by atoms with E-state index in [-0.39, 0.29) is 18.4 Å². The SMILES string of the molecule is CCC1c2ccsc2CCN1C(=O)C(N)CC(=O)O. The van der Waals surface area contributed by atoms with Gasteiger partial charge in [-0.3, -0.25) is 9.59 Å². The van der Waals surface area contributed by atoms with E-state index in [1.807, 2.05) is 12.3 Å². The van der Waals surface area contributed by atoms with Gasteiger partial charge in [0.15, 0.2) is 0 Å². The number of carbonyl (C=O) groups excluding carboxylic acids is 1. The van der Waals surface area contributed by atoms with Crippen LogP contribution in [0, 0.1) is 0 Å². The fraction of sp³-hybridized carbons (Fsp3) is 0.538. The molecule has 2 rings (SSSR count). The van der Waals surface area contributed by atoms with Crippen molar-refractivity contribution in [1.29, 1.82) is 0 Å². The Labute approximate surface area is 116 Å². The summed E-state index contributed by atoms with van der Waals surface area (Å²) in [7, 11) is 0. The van der Waals surface area contributed by atoms with Gasteiger partial charge in [-0.1, -0.05) is 6.92 Å². The maximum Gasteiger partial charge on any atom is 0.305 e. The number of carboxylic acids is 1. The lowest BCUT2D eigenvalue weighted by Crippen LogP contribution is -2.48. The Kier molecular flexibility index (Phi) is 4.21. The first kappa shape index (κ1) is 14.0. The van der Waals surface area contributed by atoms with Crippen molar-refractivity contribution in [3.63, 3.8) is 0 Å². The molecule has 104 valence electrons. The van der Waals surface area contributed by atoms with Crippen LogP contribution < -0.4 is 5.73 Å². The minimum Gasteiger partial charge on any atom is -0.481 e. The zero-order valence-electron chi connectivity index (χ0n) is 10.8. The highest BCUT2D eigenvalue weighted by Crippen LogP contribution is 2.35. The molecule has 19 heavy (non-hydrogen) atoms. The summed E-state index contributed by atoms with van der Waals surface area (Å²) in [6, 6.07) is 1.13. The van der Waals surface area contributed by atoms with Crippen molar-refractivity contribution in [1.82, 2.24) is 4.90 Å². The smallest absolute Gasteiger partial charge is 0.305 e. The fourth-order valence-corrected chi connectivity index (χ4v) is 3.52. The molecule has 0 fully saturated rings. The minimum atomic E-state index is -1.04. The molecule has 0 aliphatic carbocycles. The Morgan fingerprint density at radius 3 is 3.00 bits per heavy atom. The second kappa shape index (κ2) is 5.71. The van der Waals surface area contributed by atoms with E-state index in [2.05, 4.69) is 6.07 Å². The van der Waals surface area contributed by atoms with Crippen LogP contribution in [-0.2, 0) is 16.0 Å². The van der Waals surface area contributed by atoms with Gasteiger partial charge < -0.3 is 15.7 Å². The number of aliphatic carboxylic acids is 1. The predicted octanol–water partition coefficient (Wildman–Crippen LogP) is 1.39. The van der Waals surface area contributed by atoms with Crippen molar-refractivity contribution >= 4 is 23.2 Å². The van der Waals surface area contributed by atoms with E-state index in [0.29, 0.717) is 6.54 Å². The van der Waals surface area contributed by atoms with E-state index in [4.69, 9.17) is 10.8 Å². The summed E-state index contributed by atoms with van der Waals surface area (Å²) in [5.41, 5.74) is 6.88. The van der Waals surface area contributed by atoms with Gasteiger partial charge in [-0.25, -0.2) is 0 Å². The van der Waals surface area contributed by atoms with Crippen LogP contribution in [0.15, 0.2) is 11.4 Å². The number of nitrogens with zero attached hydrogens (tertiary/aromatic N) is 1. The summed E-state index contributed by atoms with van der Waals surface area (Å²) < 4.78 is 0. The first-order valence-corrected chi connectivity index (χ1v) is 7.26. The highest BCUT2D eigenvalue weighted by atomic mass is 32.1. The molecular formula is C13H18N2O3S. The van der Waals surface area contributed by atoms with Crippen molar-refractivity contribution in [2.45, 2.75) is 38.3 Å². The zero-order valence-corrected chi connectivity index (χ0v) is 11.7. The average molecular weight is 282 g/mol. The highest BCUT2D eigenvalue weighted by molar-refractivity contribution is 7.10. The first-order chi connectivity index (χ1) is 9.04. The molecule has 0 bridgehead atoms. The summed E-state index contributed by atoms with van der Waals surface area (Å²) in [4.78, 5) is 26.0. The van der Waals surface area contributed by atoms with E-state index < -0.39 is 12.0 Å². The lowest BCUT2D eigenvalue weighted by Gasteiger charge is -2.36. The van der Waals surface area contributed by atoms with E-state index in [0.717, 1.165) is 12.8 Å². The van der Waals surface area contributed by atoms with Gasteiger partial charge >= 0.3 is 5.97 Å². The second-order valence-electron chi connectivity index (χ2n) is 4.71. The van der Waals surface area contributed by atoms with Crippen LogP contribution in [0.25, 0.3) is 0 Å². The fourth-order valence-electron chi connectivity index (χ4n) is 2.59. The van der Waals surface area contributed by atoms with E-state index in [9.17, 15) is 9.59 Å². The Morgan fingerprint density at radius 2 is 2.37 bits per heavy atom. The van der Waals surface area contributed by atoms with E-state index in [1.54, 1.807) is 16.2 Å². The molecule has 6 heteroatoms.